The fourth-order valence-corrected chi connectivity index (χ4v) is 3.01. The molecule has 0 spiro atoms. The smallest absolute Gasteiger partial charge is 0.261 e. The van der Waals surface area contributed by atoms with Crippen LogP contribution in [0, 0.1) is 12.8 Å². The lowest BCUT2D eigenvalue weighted by Gasteiger charge is -2.29. The summed E-state index contributed by atoms with van der Waals surface area (Å²) in [5.74, 6) is 0.401. The molecule has 0 saturated carbocycles. The van der Waals surface area contributed by atoms with E-state index < -0.39 is 6.04 Å². The Kier molecular flexibility index (Phi) is 8.52. The summed E-state index contributed by atoms with van der Waals surface area (Å²) in [7, 11) is 0. The Morgan fingerprint density at radius 1 is 1.10 bits per heavy atom. The Bertz CT molecular complexity index is 838. The van der Waals surface area contributed by atoms with Crippen LogP contribution in [0.25, 0.3) is 0 Å². The summed E-state index contributed by atoms with van der Waals surface area (Å²) in [5, 5.41) is 3.44. The second-order valence-electron chi connectivity index (χ2n) is 7.57. The summed E-state index contributed by atoms with van der Waals surface area (Å²) in [6, 6.07) is 14.2. The number of nitrogens with one attached hydrogen (secondary N) is 1. The van der Waals surface area contributed by atoms with E-state index in [4.69, 9.17) is 16.3 Å². The first-order chi connectivity index (χ1) is 13.8. The van der Waals surface area contributed by atoms with Crippen molar-refractivity contribution in [3.05, 3.63) is 64.7 Å². The maximum atomic E-state index is 13.0. The molecule has 0 radical (unpaired) electrons. The van der Waals surface area contributed by atoms with E-state index in [-0.39, 0.29) is 18.4 Å². The predicted molar refractivity (Wildman–Crippen MR) is 116 cm³/mol. The van der Waals surface area contributed by atoms with Crippen molar-refractivity contribution >= 4 is 23.4 Å². The molecule has 0 unspecified atom stereocenters. The lowest BCUT2D eigenvalue weighted by atomic mass is 10.1. The van der Waals surface area contributed by atoms with Crippen LogP contribution in [-0.2, 0) is 16.1 Å². The molecular weight excluding hydrogens is 388 g/mol. The highest BCUT2D eigenvalue weighted by Gasteiger charge is 2.26. The van der Waals surface area contributed by atoms with Gasteiger partial charge in [-0.2, -0.15) is 0 Å². The van der Waals surface area contributed by atoms with E-state index in [1.807, 2.05) is 45.0 Å². The van der Waals surface area contributed by atoms with Crippen LogP contribution < -0.4 is 10.1 Å². The van der Waals surface area contributed by atoms with Crippen LogP contribution >= 0.6 is 11.6 Å². The van der Waals surface area contributed by atoms with Crippen molar-refractivity contribution in [1.82, 2.24) is 10.2 Å². The number of ether oxygens (including phenoxy) is 1. The Hall–Kier alpha value is -2.53. The van der Waals surface area contributed by atoms with Crippen LogP contribution in [0.2, 0.25) is 5.02 Å². The van der Waals surface area contributed by atoms with Crippen LogP contribution in [0.1, 0.15) is 31.9 Å². The average molecular weight is 417 g/mol. The Morgan fingerprint density at radius 2 is 1.83 bits per heavy atom. The minimum atomic E-state index is -0.621. The third kappa shape index (κ3) is 7.42. The van der Waals surface area contributed by atoms with Gasteiger partial charge in [0.25, 0.3) is 5.91 Å². The van der Waals surface area contributed by atoms with Gasteiger partial charge in [-0.05, 0) is 43.5 Å². The van der Waals surface area contributed by atoms with Gasteiger partial charge in [0.15, 0.2) is 6.61 Å². The van der Waals surface area contributed by atoms with Crippen molar-refractivity contribution in [3.8, 4) is 5.75 Å². The monoisotopic (exact) mass is 416 g/mol. The number of aryl methyl sites for hydroxylation is 1. The van der Waals surface area contributed by atoms with E-state index in [1.165, 1.54) is 0 Å². The summed E-state index contributed by atoms with van der Waals surface area (Å²) >= 11 is 5.97. The fraction of sp³-hybridized carbons (Fsp3) is 0.391. The van der Waals surface area contributed by atoms with Crippen molar-refractivity contribution in [3.63, 3.8) is 0 Å². The number of amides is 2. The van der Waals surface area contributed by atoms with Crippen molar-refractivity contribution < 1.29 is 14.3 Å². The van der Waals surface area contributed by atoms with Gasteiger partial charge in [0.05, 0.1) is 0 Å². The first-order valence-corrected chi connectivity index (χ1v) is 10.1. The molecule has 1 N–H and O–H groups in total. The molecule has 29 heavy (non-hydrogen) atoms. The summed E-state index contributed by atoms with van der Waals surface area (Å²) in [5.41, 5.74) is 2.06. The SMILES string of the molecule is Cc1cccc(CN(C(=O)COc2cccc(Cl)c2)[C@H](C)C(=O)NCC(C)C)c1. The molecule has 2 rings (SSSR count). The summed E-state index contributed by atoms with van der Waals surface area (Å²) in [6.45, 7) is 8.51. The fourth-order valence-electron chi connectivity index (χ4n) is 2.83. The second kappa shape index (κ2) is 10.9. The zero-order chi connectivity index (χ0) is 21.4. The van der Waals surface area contributed by atoms with E-state index in [2.05, 4.69) is 5.32 Å². The third-order valence-electron chi connectivity index (χ3n) is 4.45. The van der Waals surface area contributed by atoms with Crippen molar-refractivity contribution in [2.24, 2.45) is 5.92 Å². The minimum Gasteiger partial charge on any atom is -0.484 e. The predicted octanol–water partition coefficient (Wildman–Crippen LogP) is 4.22. The highest BCUT2D eigenvalue weighted by atomic mass is 35.5. The Balaban J connectivity index is 2.13. The van der Waals surface area contributed by atoms with Crippen molar-refractivity contribution in [2.75, 3.05) is 13.2 Å². The van der Waals surface area contributed by atoms with Crippen LogP contribution in [0.5, 0.6) is 5.75 Å². The van der Waals surface area contributed by atoms with E-state index in [1.54, 1.807) is 36.1 Å². The van der Waals surface area contributed by atoms with Gasteiger partial charge in [-0.3, -0.25) is 9.59 Å². The molecule has 0 aliphatic rings. The van der Waals surface area contributed by atoms with Gasteiger partial charge in [0.2, 0.25) is 5.91 Å². The number of carbonyl (C=O) groups excluding carboxylic acids is 2. The molecule has 0 heterocycles. The van der Waals surface area contributed by atoms with E-state index >= 15 is 0 Å². The summed E-state index contributed by atoms with van der Waals surface area (Å²) in [6.07, 6.45) is 0. The molecule has 0 aromatic heterocycles. The van der Waals surface area contributed by atoms with Gasteiger partial charge in [0, 0.05) is 18.1 Å². The van der Waals surface area contributed by atoms with Gasteiger partial charge in [-0.1, -0.05) is 61.3 Å². The molecule has 0 saturated heterocycles. The Morgan fingerprint density at radius 3 is 2.48 bits per heavy atom. The van der Waals surface area contributed by atoms with Gasteiger partial charge in [0.1, 0.15) is 11.8 Å². The van der Waals surface area contributed by atoms with E-state index in [0.29, 0.717) is 29.8 Å². The van der Waals surface area contributed by atoms with Crippen molar-refractivity contribution in [2.45, 2.75) is 40.3 Å². The average Bonchev–Trinajstić information content (AvgIpc) is 2.68. The van der Waals surface area contributed by atoms with E-state index in [0.717, 1.165) is 11.1 Å². The number of halogens is 1. The molecule has 5 nitrogen and oxygen atoms in total. The number of hydrogen-bond acceptors (Lipinski definition) is 3. The molecule has 0 aliphatic carbocycles. The molecule has 0 bridgehead atoms. The molecular formula is C23H29ClN2O3. The number of hydrogen-bond donors (Lipinski definition) is 1. The quantitative estimate of drug-likeness (QED) is 0.665. The number of carbonyl (C=O) groups is 2. The molecule has 2 aromatic rings. The van der Waals surface area contributed by atoms with Crippen LogP contribution in [0.4, 0.5) is 0 Å². The Labute approximate surface area is 178 Å². The zero-order valence-electron chi connectivity index (χ0n) is 17.4. The maximum Gasteiger partial charge on any atom is 0.261 e. The van der Waals surface area contributed by atoms with Gasteiger partial charge in [-0.25, -0.2) is 0 Å². The standard InChI is InChI=1S/C23H29ClN2O3/c1-16(2)13-25-23(28)18(4)26(14-19-8-5-7-17(3)11-19)22(27)15-29-21-10-6-9-20(24)12-21/h5-12,16,18H,13-15H2,1-4H3,(H,25,28)/t18-/m1/s1. The minimum absolute atomic E-state index is 0.173. The van der Waals surface area contributed by atoms with Gasteiger partial charge < -0.3 is 15.0 Å². The molecule has 156 valence electrons. The number of rotatable bonds is 9. The second-order valence-corrected chi connectivity index (χ2v) is 8.01. The van der Waals surface area contributed by atoms with Crippen LogP contribution in [0.15, 0.2) is 48.5 Å². The normalized spacial score (nSPS) is 11.8. The molecule has 2 amide bonds. The molecule has 1 atom stereocenters. The largest absolute Gasteiger partial charge is 0.484 e. The van der Waals surface area contributed by atoms with Gasteiger partial charge in [-0.15, -0.1) is 0 Å². The third-order valence-corrected chi connectivity index (χ3v) is 4.68. The maximum absolute atomic E-state index is 13.0. The number of nitrogens with zero attached hydrogens (tertiary/aromatic N) is 1. The first kappa shape index (κ1) is 22.8. The lowest BCUT2D eigenvalue weighted by molar-refractivity contribution is -0.142. The van der Waals surface area contributed by atoms with Crippen LogP contribution in [0.3, 0.4) is 0 Å². The molecule has 2 aromatic carbocycles. The summed E-state index contributed by atoms with van der Waals surface area (Å²) in [4.78, 5) is 27.1. The molecule has 0 aliphatic heterocycles. The van der Waals surface area contributed by atoms with Crippen molar-refractivity contribution in [1.29, 1.82) is 0 Å². The van der Waals surface area contributed by atoms with Crippen LogP contribution in [-0.4, -0.2) is 35.9 Å². The molecule has 0 fully saturated rings. The topological polar surface area (TPSA) is 58.6 Å². The van der Waals surface area contributed by atoms with E-state index in [9.17, 15) is 9.59 Å². The first-order valence-electron chi connectivity index (χ1n) is 9.77. The lowest BCUT2D eigenvalue weighted by Crippen LogP contribution is -2.49. The highest BCUT2D eigenvalue weighted by Crippen LogP contribution is 2.18. The summed E-state index contributed by atoms with van der Waals surface area (Å²) < 4.78 is 5.61. The highest BCUT2D eigenvalue weighted by molar-refractivity contribution is 6.30. The molecule has 6 heteroatoms. The zero-order valence-corrected chi connectivity index (χ0v) is 18.2. The number of benzene rings is 2. The van der Waals surface area contributed by atoms with Gasteiger partial charge >= 0.3 is 0 Å².